The maximum absolute atomic E-state index is 5.83. The van der Waals surface area contributed by atoms with E-state index in [1.165, 1.54) is 4.88 Å². The monoisotopic (exact) mass is 233 g/mol. The van der Waals surface area contributed by atoms with Gasteiger partial charge in [-0.2, -0.15) is 0 Å². The Morgan fingerprint density at radius 3 is 2.75 bits per heavy atom. The van der Waals surface area contributed by atoms with Crippen molar-refractivity contribution in [1.29, 1.82) is 0 Å². The van der Waals surface area contributed by atoms with Crippen molar-refractivity contribution in [2.75, 3.05) is 5.73 Å². The van der Waals surface area contributed by atoms with E-state index in [9.17, 15) is 0 Å². The summed E-state index contributed by atoms with van der Waals surface area (Å²) in [5.41, 5.74) is 8.79. The van der Waals surface area contributed by atoms with Crippen LogP contribution in [0, 0.1) is 13.8 Å². The van der Waals surface area contributed by atoms with Crippen LogP contribution >= 0.6 is 11.3 Å². The van der Waals surface area contributed by atoms with Crippen LogP contribution in [0.2, 0.25) is 0 Å². The maximum Gasteiger partial charge on any atom is 0.123 e. The maximum atomic E-state index is 5.83. The first-order valence-corrected chi connectivity index (χ1v) is 6.06. The van der Waals surface area contributed by atoms with Crippen LogP contribution in [0.1, 0.15) is 16.0 Å². The van der Waals surface area contributed by atoms with E-state index in [1.54, 1.807) is 11.3 Å². The molecule has 0 saturated carbocycles. The SMILES string of the molecule is Cc1cc(OCc2cccs2)c(C)cc1N. The van der Waals surface area contributed by atoms with Gasteiger partial charge in [-0.25, -0.2) is 0 Å². The van der Waals surface area contributed by atoms with Crippen LogP contribution in [0.4, 0.5) is 5.69 Å². The summed E-state index contributed by atoms with van der Waals surface area (Å²) in [7, 11) is 0. The highest BCUT2D eigenvalue weighted by Gasteiger charge is 2.04. The number of thiophene rings is 1. The molecular formula is C13H15NOS. The predicted molar refractivity (Wildman–Crippen MR) is 69.0 cm³/mol. The molecule has 84 valence electrons. The van der Waals surface area contributed by atoms with Crippen LogP contribution < -0.4 is 10.5 Å². The normalized spacial score (nSPS) is 10.4. The van der Waals surface area contributed by atoms with Gasteiger partial charge in [0, 0.05) is 10.6 Å². The number of nitrogens with two attached hydrogens (primary N) is 1. The van der Waals surface area contributed by atoms with E-state index in [0.29, 0.717) is 6.61 Å². The standard InChI is InChI=1S/C13H15NOS/c1-9-7-13(10(2)6-12(9)14)15-8-11-4-3-5-16-11/h3-7H,8,14H2,1-2H3. The molecule has 0 aliphatic rings. The highest BCUT2D eigenvalue weighted by Crippen LogP contribution is 2.25. The first-order chi connectivity index (χ1) is 7.66. The Bertz CT molecular complexity index is 477. The van der Waals surface area contributed by atoms with Gasteiger partial charge in [0.15, 0.2) is 0 Å². The lowest BCUT2D eigenvalue weighted by Gasteiger charge is -2.10. The number of ether oxygens (including phenoxy) is 1. The molecule has 1 aromatic heterocycles. The molecule has 0 radical (unpaired) electrons. The van der Waals surface area contributed by atoms with Crippen LogP contribution in [0.15, 0.2) is 29.6 Å². The number of anilines is 1. The Balaban J connectivity index is 2.12. The summed E-state index contributed by atoms with van der Waals surface area (Å²) < 4.78 is 5.77. The highest BCUT2D eigenvalue weighted by atomic mass is 32.1. The van der Waals surface area contributed by atoms with Crippen LogP contribution in [0.3, 0.4) is 0 Å². The lowest BCUT2D eigenvalue weighted by molar-refractivity contribution is 0.307. The second kappa shape index (κ2) is 4.58. The summed E-state index contributed by atoms with van der Waals surface area (Å²) in [4.78, 5) is 1.23. The lowest BCUT2D eigenvalue weighted by atomic mass is 10.1. The molecule has 0 spiro atoms. The molecule has 0 amide bonds. The average molecular weight is 233 g/mol. The predicted octanol–water partition coefficient (Wildman–Crippen LogP) is 3.53. The summed E-state index contributed by atoms with van der Waals surface area (Å²) in [5, 5.41) is 2.06. The molecule has 2 rings (SSSR count). The van der Waals surface area contributed by atoms with Gasteiger partial charge in [0.25, 0.3) is 0 Å². The molecule has 1 aromatic carbocycles. The van der Waals surface area contributed by atoms with Crippen molar-refractivity contribution in [1.82, 2.24) is 0 Å². The first-order valence-electron chi connectivity index (χ1n) is 5.18. The van der Waals surface area contributed by atoms with Crippen molar-refractivity contribution >= 4 is 17.0 Å². The van der Waals surface area contributed by atoms with Gasteiger partial charge in [0.2, 0.25) is 0 Å². The fourth-order valence-corrected chi connectivity index (χ4v) is 2.13. The summed E-state index contributed by atoms with van der Waals surface area (Å²) in [6, 6.07) is 8.06. The molecule has 2 nitrogen and oxygen atoms in total. The molecule has 1 heterocycles. The molecule has 0 bridgehead atoms. The van der Waals surface area contributed by atoms with E-state index in [2.05, 4.69) is 11.4 Å². The molecule has 0 aliphatic carbocycles. The van der Waals surface area contributed by atoms with E-state index in [1.807, 2.05) is 32.0 Å². The zero-order valence-electron chi connectivity index (χ0n) is 9.49. The third-order valence-corrected chi connectivity index (χ3v) is 3.36. The Hall–Kier alpha value is -1.48. The van der Waals surface area contributed by atoms with E-state index < -0.39 is 0 Å². The zero-order valence-corrected chi connectivity index (χ0v) is 10.3. The minimum Gasteiger partial charge on any atom is -0.488 e. The van der Waals surface area contributed by atoms with Crippen LogP contribution in [-0.4, -0.2) is 0 Å². The van der Waals surface area contributed by atoms with Crippen molar-refractivity contribution in [2.24, 2.45) is 0 Å². The molecule has 2 aromatic rings. The van der Waals surface area contributed by atoms with Gasteiger partial charge < -0.3 is 10.5 Å². The summed E-state index contributed by atoms with van der Waals surface area (Å²) in [5.74, 6) is 0.917. The molecule has 0 aliphatic heterocycles. The topological polar surface area (TPSA) is 35.2 Å². The lowest BCUT2D eigenvalue weighted by Crippen LogP contribution is -1.98. The van der Waals surface area contributed by atoms with Crippen LogP contribution in [0.25, 0.3) is 0 Å². The average Bonchev–Trinajstić information content (AvgIpc) is 2.74. The van der Waals surface area contributed by atoms with Gasteiger partial charge in [-0.1, -0.05) is 6.07 Å². The number of benzene rings is 1. The van der Waals surface area contributed by atoms with Crippen molar-refractivity contribution in [3.8, 4) is 5.75 Å². The van der Waals surface area contributed by atoms with E-state index in [-0.39, 0.29) is 0 Å². The molecule has 0 unspecified atom stereocenters. The summed E-state index contributed by atoms with van der Waals surface area (Å²) >= 11 is 1.71. The number of nitrogen functional groups attached to an aromatic ring is 1. The van der Waals surface area contributed by atoms with E-state index >= 15 is 0 Å². The van der Waals surface area contributed by atoms with Crippen molar-refractivity contribution in [3.63, 3.8) is 0 Å². The fourth-order valence-electron chi connectivity index (χ4n) is 1.51. The van der Waals surface area contributed by atoms with Gasteiger partial charge in [0.1, 0.15) is 12.4 Å². The molecule has 0 saturated heterocycles. The van der Waals surface area contributed by atoms with Crippen molar-refractivity contribution < 1.29 is 4.74 Å². The minimum atomic E-state index is 0.627. The second-order valence-corrected chi connectivity index (χ2v) is 4.87. The fraction of sp³-hybridized carbons (Fsp3) is 0.231. The van der Waals surface area contributed by atoms with Gasteiger partial charge >= 0.3 is 0 Å². The summed E-state index contributed by atoms with van der Waals surface area (Å²) in [6.45, 7) is 4.63. The van der Waals surface area contributed by atoms with Gasteiger partial charge in [-0.05, 0) is 48.6 Å². The second-order valence-electron chi connectivity index (χ2n) is 3.84. The van der Waals surface area contributed by atoms with Crippen LogP contribution in [0.5, 0.6) is 5.75 Å². The number of hydrogen-bond acceptors (Lipinski definition) is 3. The van der Waals surface area contributed by atoms with Crippen LogP contribution in [-0.2, 0) is 6.61 Å². The third kappa shape index (κ3) is 2.36. The first kappa shape index (κ1) is 11.0. The van der Waals surface area contributed by atoms with Crippen molar-refractivity contribution in [2.45, 2.75) is 20.5 Å². The molecule has 3 heteroatoms. The minimum absolute atomic E-state index is 0.627. The largest absolute Gasteiger partial charge is 0.488 e. The Kier molecular flexibility index (Phi) is 3.15. The third-order valence-electron chi connectivity index (χ3n) is 2.51. The Morgan fingerprint density at radius 2 is 2.06 bits per heavy atom. The molecular weight excluding hydrogens is 218 g/mol. The molecule has 16 heavy (non-hydrogen) atoms. The number of rotatable bonds is 3. The number of hydrogen-bond donors (Lipinski definition) is 1. The van der Waals surface area contributed by atoms with E-state index in [0.717, 1.165) is 22.6 Å². The smallest absolute Gasteiger partial charge is 0.123 e. The van der Waals surface area contributed by atoms with Gasteiger partial charge in [-0.3, -0.25) is 0 Å². The Labute approximate surface area is 99.7 Å². The zero-order chi connectivity index (χ0) is 11.5. The highest BCUT2D eigenvalue weighted by molar-refractivity contribution is 7.09. The molecule has 0 atom stereocenters. The summed E-state index contributed by atoms with van der Waals surface area (Å²) in [6.07, 6.45) is 0. The molecule has 0 fully saturated rings. The quantitative estimate of drug-likeness (QED) is 0.823. The number of aryl methyl sites for hydroxylation is 2. The molecule has 2 N–H and O–H groups in total. The van der Waals surface area contributed by atoms with Gasteiger partial charge in [-0.15, -0.1) is 11.3 Å². The Morgan fingerprint density at radius 1 is 1.25 bits per heavy atom. The van der Waals surface area contributed by atoms with E-state index in [4.69, 9.17) is 10.5 Å². The van der Waals surface area contributed by atoms with Crippen molar-refractivity contribution in [3.05, 3.63) is 45.6 Å². The van der Waals surface area contributed by atoms with Gasteiger partial charge in [0.05, 0.1) is 0 Å².